The van der Waals surface area contributed by atoms with Gasteiger partial charge in [-0.2, -0.15) is 4.72 Å². The molecular weight excluding hydrogens is 268 g/mol. The highest BCUT2D eigenvalue weighted by Gasteiger charge is 2.33. The van der Waals surface area contributed by atoms with E-state index in [1.807, 2.05) is 4.72 Å². The van der Waals surface area contributed by atoms with Crippen LogP contribution in [0, 0.1) is 11.6 Å². The summed E-state index contributed by atoms with van der Waals surface area (Å²) < 4.78 is 51.0. The van der Waals surface area contributed by atoms with Gasteiger partial charge in [0, 0.05) is 0 Å². The minimum Gasteiger partial charge on any atom is -0.480 e. The van der Waals surface area contributed by atoms with E-state index in [1.54, 1.807) is 0 Å². The quantitative estimate of drug-likeness (QED) is 0.864. The lowest BCUT2D eigenvalue weighted by atomic mass is 10.1. The standard InChI is InChI=1S/C10H11F2NO4S/c1-10(2,9(14)15)13-18(16,17)6-3-4-7(11)8(12)5-6/h3-5,13H,1-2H3,(H,14,15). The van der Waals surface area contributed by atoms with Gasteiger partial charge in [-0.3, -0.25) is 4.79 Å². The van der Waals surface area contributed by atoms with Crippen molar-refractivity contribution in [2.24, 2.45) is 0 Å². The van der Waals surface area contributed by atoms with Gasteiger partial charge in [0.2, 0.25) is 10.0 Å². The van der Waals surface area contributed by atoms with Crippen LogP contribution in [0.4, 0.5) is 8.78 Å². The lowest BCUT2D eigenvalue weighted by Gasteiger charge is -2.20. The van der Waals surface area contributed by atoms with E-state index in [4.69, 9.17) is 5.11 Å². The van der Waals surface area contributed by atoms with Crippen LogP contribution < -0.4 is 4.72 Å². The summed E-state index contributed by atoms with van der Waals surface area (Å²) in [7, 11) is -4.24. The van der Waals surface area contributed by atoms with Crippen molar-refractivity contribution in [1.82, 2.24) is 4.72 Å². The fourth-order valence-electron chi connectivity index (χ4n) is 1.08. The summed E-state index contributed by atoms with van der Waals surface area (Å²) in [5, 5.41) is 8.79. The zero-order chi connectivity index (χ0) is 14.1. The van der Waals surface area contributed by atoms with E-state index >= 15 is 0 Å². The van der Waals surface area contributed by atoms with Crippen LogP contribution in [0.3, 0.4) is 0 Å². The van der Waals surface area contributed by atoms with Crippen LogP contribution in [-0.2, 0) is 14.8 Å². The molecule has 0 fully saturated rings. The van der Waals surface area contributed by atoms with Crippen LogP contribution in [0.25, 0.3) is 0 Å². The molecule has 0 radical (unpaired) electrons. The maximum atomic E-state index is 12.9. The molecule has 0 amide bonds. The first kappa shape index (κ1) is 14.5. The first-order chi connectivity index (χ1) is 8.06. The first-order valence-electron chi connectivity index (χ1n) is 4.79. The Labute approximate surface area is 102 Å². The molecule has 0 aliphatic carbocycles. The van der Waals surface area contributed by atoms with Gasteiger partial charge in [0.1, 0.15) is 5.54 Å². The summed E-state index contributed by atoms with van der Waals surface area (Å²) in [6.07, 6.45) is 0. The van der Waals surface area contributed by atoms with E-state index in [-0.39, 0.29) is 0 Å². The van der Waals surface area contributed by atoms with Crippen molar-refractivity contribution in [3.8, 4) is 0 Å². The third kappa shape index (κ3) is 3.02. The first-order valence-corrected chi connectivity index (χ1v) is 6.27. The largest absolute Gasteiger partial charge is 0.480 e. The van der Waals surface area contributed by atoms with Gasteiger partial charge in [0.25, 0.3) is 0 Å². The number of hydrogen-bond acceptors (Lipinski definition) is 3. The second-order valence-corrected chi connectivity index (χ2v) is 5.79. The second kappa shape index (κ2) is 4.62. The third-order valence-electron chi connectivity index (χ3n) is 2.13. The number of halogens is 2. The van der Waals surface area contributed by atoms with E-state index in [9.17, 15) is 22.0 Å². The Morgan fingerprint density at radius 3 is 2.28 bits per heavy atom. The topological polar surface area (TPSA) is 83.5 Å². The number of rotatable bonds is 4. The van der Waals surface area contributed by atoms with E-state index in [0.29, 0.717) is 12.1 Å². The lowest BCUT2D eigenvalue weighted by Crippen LogP contribution is -2.49. The lowest BCUT2D eigenvalue weighted by molar-refractivity contribution is -0.142. The number of carboxylic acids is 1. The van der Waals surface area contributed by atoms with Gasteiger partial charge in [-0.1, -0.05) is 0 Å². The highest BCUT2D eigenvalue weighted by atomic mass is 32.2. The van der Waals surface area contributed by atoms with Crippen LogP contribution in [-0.4, -0.2) is 25.0 Å². The Bertz CT molecular complexity index is 584. The molecule has 1 aromatic carbocycles. The molecule has 18 heavy (non-hydrogen) atoms. The molecule has 100 valence electrons. The predicted octanol–water partition coefficient (Wildman–Crippen LogP) is 1.11. The van der Waals surface area contributed by atoms with E-state index in [1.165, 1.54) is 0 Å². The summed E-state index contributed by atoms with van der Waals surface area (Å²) in [6.45, 7) is 2.26. The number of sulfonamides is 1. The average molecular weight is 279 g/mol. The SMILES string of the molecule is CC(C)(NS(=O)(=O)c1ccc(F)c(F)c1)C(=O)O. The van der Waals surface area contributed by atoms with E-state index < -0.39 is 38.1 Å². The molecule has 0 bridgehead atoms. The molecule has 0 heterocycles. The molecule has 2 N–H and O–H groups in total. The molecule has 0 atom stereocenters. The maximum Gasteiger partial charge on any atom is 0.324 e. The molecule has 1 rings (SSSR count). The summed E-state index contributed by atoms with van der Waals surface area (Å²) in [6, 6.07) is 1.98. The monoisotopic (exact) mass is 279 g/mol. The number of carboxylic acid groups (broad SMARTS) is 1. The van der Waals surface area contributed by atoms with Gasteiger partial charge >= 0.3 is 5.97 Å². The van der Waals surface area contributed by atoms with Gasteiger partial charge in [-0.15, -0.1) is 0 Å². The minimum atomic E-state index is -4.24. The summed E-state index contributed by atoms with van der Waals surface area (Å²) in [4.78, 5) is 10.2. The van der Waals surface area contributed by atoms with Gasteiger partial charge < -0.3 is 5.11 Å². The van der Waals surface area contributed by atoms with Gasteiger partial charge in [0.05, 0.1) is 4.90 Å². The number of carbonyl (C=O) groups is 1. The highest BCUT2D eigenvalue weighted by molar-refractivity contribution is 7.89. The Morgan fingerprint density at radius 2 is 1.83 bits per heavy atom. The van der Waals surface area contributed by atoms with Crippen LogP contribution in [0.2, 0.25) is 0 Å². The van der Waals surface area contributed by atoms with Crippen LogP contribution in [0.5, 0.6) is 0 Å². The Balaban J connectivity index is 3.15. The molecular formula is C10H11F2NO4S. The van der Waals surface area contributed by atoms with Gasteiger partial charge in [-0.25, -0.2) is 17.2 Å². The summed E-state index contributed by atoms with van der Waals surface area (Å²) in [5.41, 5.74) is -1.76. The van der Waals surface area contributed by atoms with E-state index in [2.05, 4.69) is 0 Å². The van der Waals surface area contributed by atoms with Gasteiger partial charge in [0.15, 0.2) is 11.6 Å². The Hall–Kier alpha value is -1.54. The summed E-state index contributed by atoms with van der Waals surface area (Å²) >= 11 is 0. The van der Waals surface area contributed by atoms with Crippen molar-refractivity contribution in [2.75, 3.05) is 0 Å². The molecule has 0 aromatic heterocycles. The van der Waals surface area contributed by atoms with Crippen molar-refractivity contribution in [2.45, 2.75) is 24.3 Å². The van der Waals surface area contributed by atoms with Crippen molar-refractivity contribution >= 4 is 16.0 Å². The fourth-order valence-corrected chi connectivity index (χ4v) is 2.47. The van der Waals surface area contributed by atoms with Crippen LogP contribution in [0.15, 0.2) is 23.1 Å². The van der Waals surface area contributed by atoms with Gasteiger partial charge in [-0.05, 0) is 32.0 Å². The molecule has 5 nitrogen and oxygen atoms in total. The Morgan fingerprint density at radius 1 is 1.28 bits per heavy atom. The zero-order valence-corrected chi connectivity index (χ0v) is 10.4. The van der Waals surface area contributed by atoms with Crippen molar-refractivity contribution in [1.29, 1.82) is 0 Å². The number of aliphatic carboxylic acids is 1. The third-order valence-corrected chi connectivity index (χ3v) is 3.78. The number of benzene rings is 1. The second-order valence-electron chi connectivity index (χ2n) is 4.11. The molecule has 0 aliphatic heterocycles. The average Bonchev–Trinajstić information content (AvgIpc) is 2.20. The van der Waals surface area contributed by atoms with Crippen LogP contribution in [0.1, 0.15) is 13.8 Å². The van der Waals surface area contributed by atoms with E-state index in [0.717, 1.165) is 19.9 Å². The molecule has 0 saturated heterocycles. The predicted molar refractivity (Wildman–Crippen MR) is 58.4 cm³/mol. The summed E-state index contributed by atoms with van der Waals surface area (Å²) in [5.74, 6) is -3.91. The number of nitrogens with one attached hydrogen (secondary N) is 1. The van der Waals surface area contributed by atoms with Crippen molar-refractivity contribution in [3.63, 3.8) is 0 Å². The van der Waals surface area contributed by atoms with Crippen molar-refractivity contribution < 1.29 is 27.1 Å². The molecule has 0 spiro atoms. The minimum absolute atomic E-state index is 0.482. The van der Waals surface area contributed by atoms with Crippen LogP contribution >= 0.6 is 0 Å². The fraction of sp³-hybridized carbons (Fsp3) is 0.300. The zero-order valence-electron chi connectivity index (χ0n) is 9.57. The molecule has 0 unspecified atom stereocenters. The highest BCUT2D eigenvalue weighted by Crippen LogP contribution is 2.16. The normalized spacial score (nSPS) is 12.4. The molecule has 8 heteroatoms. The molecule has 0 aliphatic rings. The molecule has 0 saturated carbocycles. The maximum absolute atomic E-state index is 12.9. The Kier molecular flexibility index (Phi) is 3.72. The molecule has 1 aromatic rings. The van der Waals surface area contributed by atoms with Crippen molar-refractivity contribution in [3.05, 3.63) is 29.8 Å². The number of hydrogen-bond donors (Lipinski definition) is 2. The smallest absolute Gasteiger partial charge is 0.324 e.